The van der Waals surface area contributed by atoms with Crippen LogP contribution in [0.1, 0.15) is 51.2 Å². The molecule has 1 aromatic rings. The second-order valence-corrected chi connectivity index (χ2v) is 7.96. The number of nitrogens with zero attached hydrogens (tertiary/aromatic N) is 1. The van der Waals surface area contributed by atoms with E-state index in [9.17, 15) is 9.59 Å². The highest BCUT2D eigenvalue weighted by Crippen LogP contribution is 2.14. The predicted octanol–water partition coefficient (Wildman–Crippen LogP) is 3.67. The molecule has 0 spiro atoms. The van der Waals surface area contributed by atoms with Crippen molar-refractivity contribution in [2.75, 3.05) is 13.1 Å². The summed E-state index contributed by atoms with van der Waals surface area (Å²) in [6.45, 7) is 10.5. The van der Waals surface area contributed by atoms with Gasteiger partial charge in [0, 0.05) is 25.1 Å². The van der Waals surface area contributed by atoms with Crippen molar-refractivity contribution >= 4 is 12.0 Å². The number of ether oxygens (including phenoxy) is 1. The Morgan fingerprint density at radius 1 is 1.21 bits per heavy atom. The average Bonchev–Trinajstić information content (AvgIpc) is 2.65. The molecule has 0 unspecified atom stereocenters. The van der Waals surface area contributed by atoms with Gasteiger partial charge in [-0.05, 0) is 63.8 Å². The van der Waals surface area contributed by atoms with Gasteiger partial charge < -0.3 is 15.0 Å². The Morgan fingerprint density at radius 2 is 1.86 bits per heavy atom. The van der Waals surface area contributed by atoms with Crippen molar-refractivity contribution in [3.8, 4) is 11.8 Å². The number of hydrogen-bond acceptors (Lipinski definition) is 3. The monoisotopic (exact) mass is 382 g/mol. The maximum absolute atomic E-state index is 13.0. The van der Waals surface area contributed by atoms with Gasteiger partial charge in [0.15, 0.2) is 0 Å². The third kappa shape index (κ3) is 7.11. The summed E-state index contributed by atoms with van der Waals surface area (Å²) >= 11 is 0. The zero-order valence-electron chi connectivity index (χ0n) is 17.1. The van der Waals surface area contributed by atoms with Crippen molar-refractivity contribution in [2.45, 2.75) is 58.1 Å². The second-order valence-electron chi connectivity index (χ2n) is 7.96. The Hall–Kier alpha value is -2.74. The Labute approximate surface area is 168 Å². The third-order valence-corrected chi connectivity index (χ3v) is 4.37. The van der Waals surface area contributed by atoms with Crippen molar-refractivity contribution in [1.29, 1.82) is 0 Å². The average molecular weight is 383 g/mol. The topological polar surface area (TPSA) is 58.6 Å². The molecule has 1 aromatic carbocycles. The minimum Gasteiger partial charge on any atom is -0.444 e. The lowest BCUT2D eigenvalue weighted by Crippen LogP contribution is -2.51. The molecule has 0 aromatic heterocycles. The van der Waals surface area contributed by atoms with Crippen molar-refractivity contribution in [2.24, 2.45) is 0 Å². The zero-order valence-corrected chi connectivity index (χ0v) is 17.1. The van der Waals surface area contributed by atoms with Gasteiger partial charge in [-0.3, -0.25) is 4.79 Å². The molecule has 1 saturated heterocycles. The van der Waals surface area contributed by atoms with Crippen LogP contribution in [0.2, 0.25) is 0 Å². The lowest BCUT2D eigenvalue weighted by atomic mass is 10.0. The van der Waals surface area contributed by atoms with Crippen molar-refractivity contribution < 1.29 is 14.3 Å². The first-order chi connectivity index (χ1) is 13.3. The van der Waals surface area contributed by atoms with Gasteiger partial charge >= 0.3 is 6.09 Å². The van der Waals surface area contributed by atoms with Crippen molar-refractivity contribution in [3.63, 3.8) is 0 Å². The molecule has 1 fully saturated rings. The first-order valence-electron chi connectivity index (χ1n) is 9.78. The molecule has 0 saturated carbocycles. The summed E-state index contributed by atoms with van der Waals surface area (Å²) in [5.41, 5.74) is 1.21. The minimum atomic E-state index is -0.655. The summed E-state index contributed by atoms with van der Waals surface area (Å²) in [5.74, 6) is 5.73. The molecule has 1 N–H and O–H groups in total. The van der Waals surface area contributed by atoms with Gasteiger partial charge in [-0.2, -0.15) is 0 Å². The fourth-order valence-corrected chi connectivity index (χ4v) is 3.08. The quantitative estimate of drug-likeness (QED) is 0.809. The van der Waals surface area contributed by atoms with Crippen LogP contribution in [0.4, 0.5) is 4.79 Å². The molecule has 2 amide bonds. The van der Waals surface area contributed by atoms with E-state index in [2.05, 4.69) is 23.7 Å². The normalized spacial score (nSPS) is 15.0. The fourth-order valence-electron chi connectivity index (χ4n) is 3.08. The summed E-state index contributed by atoms with van der Waals surface area (Å²) < 4.78 is 5.36. The van der Waals surface area contributed by atoms with Crippen LogP contribution < -0.4 is 5.32 Å². The molecule has 0 bridgehead atoms. The molecule has 28 heavy (non-hydrogen) atoms. The number of allylic oxidation sites excluding steroid dienone is 1. The number of carbonyl (C=O) groups is 2. The molecule has 150 valence electrons. The van der Waals surface area contributed by atoms with Crippen LogP contribution in [-0.4, -0.2) is 41.6 Å². The van der Waals surface area contributed by atoms with Crippen molar-refractivity contribution in [1.82, 2.24) is 10.2 Å². The van der Waals surface area contributed by atoms with Crippen LogP contribution in [-0.2, 0) is 16.0 Å². The molecular weight excluding hydrogens is 352 g/mol. The van der Waals surface area contributed by atoms with E-state index >= 15 is 0 Å². The molecule has 1 aliphatic heterocycles. The highest BCUT2D eigenvalue weighted by molar-refractivity contribution is 5.86. The molecule has 5 nitrogen and oxygen atoms in total. The number of benzene rings is 1. The van der Waals surface area contributed by atoms with Crippen LogP contribution >= 0.6 is 0 Å². The maximum atomic E-state index is 13.0. The van der Waals surface area contributed by atoms with E-state index in [1.165, 1.54) is 0 Å². The smallest absolute Gasteiger partial charge is 0.408 e. The minimum absolute atomic E-state index is 0.0546. The number of amides is 2. The summed E-state index contributed by atoms with van der Waals surface area (Å²) in [6, 6.07) is 7.02. The van der Waals surface area contributed by atoms with Crippen LogP contribution in [0, 0.1) is 11.8 Å². The van der Waals surface area contributed by atoms with E-state index in [0.29, 0.717) is 6.42 Å². The molecule has 0 radical (unpaired) electrons. The highest BCUT2D eigenvalue weighted by atomic mass is 16.6. The summed E-state index contributed by atoms with van der Waals surface area (Å²) in [5, 5.41) is 2.77. The van der Waals surface area contributed by atoms with Gasteiger partial charge in [0.2, 0.25) is 5.91 Å². The number of rotatable bonds is 4. The van der Waals surface area contributed by atoms with Crippen LogP contribution in [0.3, 0.4) is 0 Å². The summed E-state index contributed by atoms with van der Waals surface area (Å²) in [4.78, 5) is 27.2. The maximum Gasteiger partial charge on any atom is 0.408 e. The van der Waals surface area contributed by atoms with E-state index in [1.54, 1.807) is 26.8 Å². The first kappa shape index (κ1) is 21.6. The predicted molar refractivity (Wildman–Crippen MR) is 111 cm³/mol. The second kappa shape index (κ2) is 9.98. The van der Waals surface area contributed by atoms with Gasteiger partial charge in [-0.1, -0.05) is 30.6 Å². The highest BCUT2D eigenvalue weighted by Gasteiger charge is 2.29. The largest absolute Gasteiger partial charge is 0.444 e. The van der Waals surface area contributed by atoms with E-state index in [1.807, 2.05) is 29.2 Å². The molecule has 0 aliphatic carbocycles. The Kier molecular flexibility index (Phi) is 7.69. The van der Waals surface area contributed by atoms with Gasteiger partial charge in [-0.25, -0.2) is 4.79 Å². The van der Waals surface area contributed by atoms with Gasteiger partial charge in [0.05, 0.1) is 0 Å². The Bertz CT molecular complexity index is 745. The number of hydrogen-bond donors (Lipinski definition) is 1. The van der Waals surface area contributed by atoms with Crippen LogP contribution in [0.25, 0.3) is 0 Å². The Balaban J connectivity index is 2.13. The molecule has 1 atom stereocenters. The standard InChI is InChI=1S/C23H30N2O3/c1-5-6-10-18-11-13-19(14-12-18)17-20(24-22(27)28-23(2,3)4)21(26)25-15-8-7-9-16-25/h5,11-14,20H,1,7-9,15-17H2,2-4H3,(H,24,27)/t20-/m1/s1. The van der Waals surface area contributed by atoms with E-state index in [0.717, 1.165) is 43.5 Å². The SMILES string of the molecule is C=CC#Cc1ccc(C[C@@H](NC(=O)OC(C)(C)C)C(=O)N2CCCCC2)cc1. The molecular formula is C23H30N2O3. The molecule has 2 rings (SSSR count). The fraction of sp³-hybridized carbons (Fsp3) is 0.478. The molecule has 5 heteroatoms. The molecule has 1 heterocycles. The summed E-state index contributed by atoms with van der Waals surface area (Å²) in [7, 11) is 0. The van der Waals surface area contributed by atoms with Crippen LogP contribution in [0.15, 0.2) is 36.9 Å². The first-order valence-corrected chi connectivity index (χ1v) is 9.78. The van der Waals surface area contributed by atoms with Gasteiger partial charge in [0.1, 0.15) is 11.6 Å². The number of carbonyl (C=O) groups excluding carboxylic acids is 2. The zero-order chi connectivity index (χ0) is 20.6. The van der Waals surface area contributed by atoms with Crippen molar-refractivity contribution in [3.05, 3.63) is 48.0 Å². The summed E-state index contributed by atoms with van der Waals surface area (Å²) in [6.07, 6.45) is 4.52. The van der Waals surface area contributed by atoms with Gasteiger partial charge in [-0.15, -0.1) is 0 Å². The number of piperidine rings is 1. The van der Waals surface area contributed by atoms with E-state index < -0.39 is 17.7 Å². The Morgan fingerprint density at radius 3 is 2.43 bits per heavy atom. The third-order valence-electron chi connectivity index (χ3n) is 4.37. The van der Waals surface area contributed by atoms with Crippen LogP contribution in [0.5, 0.6) is 0 Å². The van der Waals surface area contributed by atoms with Gasteiger partial charge in [0.25, 0.3) is 0 Å². The number of likely N-dealkylation sites (tertiary alicyclic amines) is 1. The lowest BCUT2D eigenvalue weighted by molar-refractivity contribution is -0.134. The number of nitrogens with one attached hydrogen (secondary N) is 1. The number of alkyl carbamates (subject to hydrolysis) is 1. The molecule has 1 aliphatic rings. The lowest BCUT2D eigenvalue weighted by Gasteiger charge is -2.31. The van der Waals surface area contributed by atoms with E-state index in [-0.39, 0.29) is 5.91 Å². The van der Waals surface area contributed by atoms with E-state index in [4.69, 9.17) is 4.74 Å².